The predicted octanol–water partition coefficient (Wildman–Crippen LogP) is 4.82. The van der Waals surface area contributed by atoms with E-state index in [0.29, 0.717) is 17.3 Å². The van der Waals surface area contributed by atoms with Crippen LogP contribution in [0.25, 0.3) is 0 Å². The van der Waals surface area contributed by atoms with Crippen LogP contribution in [0.1, 0.15) is 68.2 Å². The lowest BCUT2D eigenvalue weighted by Crippen LogP contribution is -2.37. The average Bonchev–Trinajstić information content (AvgIpc) is 2.75. The molecule has 1 aliphatic rings. The van der Waals surface area contributed by atoms with Crippen molar-refractivity contribution in [1.29, 1.82) is 0 Å². The summed E-state index contributed by atoms with van der Waals surface area (Å²) in [4.78, 5) is 17.8. The normalized spacial score (nSPS) is 15.7. The van der Waals surface area contributed by atoms with Gasteiger partial charge in [-0.2, -0.15) is 4.98 Å². The maximum absolute atomic E-state index is 13.4. The summed E-state index contributed by atoms with van der Waals surface area (Å²) in [5, 5.41) is 14.7. The summed E-state index contributed by atoms with van der Waals surface area (Å²) < 4.78 is 1.64. The van der Waals surface area contributed by atoms with Gasteiger partial charge in [0.2, 0.25) is 5.88 Å². The van der Waals surface area contributed by atoms with Crippen molar-refractivity contribution in [2.24, 2.45) is 0 Å². The number of unbranched alkanes of at least 4 members (excludes halogenated alkanes) is 5. The zero-order valence-electron chi connectivity index (χ0n) is 17.9. The minimum atomic E-state index is -0.344. The first-order chi connectivity index (χ1) is 14.7. The highest BCUT2D eigenvalue weighted by atomic mass is 32.2. The quantitative estimate of drug-likeness (QED) is 0.233. The van der Waals surface area contributed by atoms with Crippen LogP contribution in [0, 0.1) is 0 Å². The number of thioether (sulfide) groups is 1. The van der Waals surface area contributed by atoms with E-state index in [0.717, 1.165) is 30.7 Å². The van der Waals surface area contributed by atoms with Gasteiger partial charge in [0.15, 0.2) is 5.16 Å². The maximum Gasteiger partial charge on any atom is 0.263 e. The number of hydrogen-bond acceptors (Lipinski definition) is 5. The zero-order valence-corrected chi connectivity index (χ0v) is 18.7. The topological polar surface area (TPSA) is 67.2 Å². The second-order valence-corrected chi connectivity index (χ2v) is 8.85. The molecular weight excluding hydrogens is 394 g/mol. The van der Waals surface area contributed by atoms with Crippen molar-refractivity contribution >= 4 is 11.8 Å². The summed E-state index contributed by atoms with van der Waals surface area (Å²) in [6.07, 6.45) is 9.96. The van der Waals surface area contributed by atoms with E-state index in [1.165, 1.54) is 37.7 Å². The molecule has 30 heavy (non-hydrogen) atoms. The SMILES string of the molecule is C=CCn1c(SCCCCCCCC)nc(O)c([C@@H]2NCCc3ccccc32)c1=O. The number of aromatic hydroxyl groups is 1. The third-order valence-corrected chi connectivity index (χ3v) is 6.65. The molecule has 0 fully saturated rings. The van der Waals surface area contributed by atoms with Gasteiger partial charge in [-0.25, -0.2) is 0 Å². The van der Waals surface area contributed by atoms with E-state index in [4.69, 9.17) is 0 Å². The van der Waals surface area contributed by atoms with E-state index in [2.05, 4.69) is 29.9 Å². The smallest absolute Gasteiger partial charge is 0.263 e. The molecule has 6 heteroatoms. The average molecular weight is 428 g/mol. The number of allylic oxidation sites excluding steroid dienone is 1. The maximum atomic E-state index is 13.4. The summed E-state index contributed by atoms with van der Waals surface area (Å²) >= 11 is 1.54. The van der Waals surface area contributed by atoms with Crippen molar-refractivity contribution in [2.75, 3.05) is 12.3 Å². The van der Waals surface area contributed by atoms with Crippen LogP contribution in [0.4, 0.5) is 0 Å². The molecule has 0 aliphatic carbocycles. The minimum Gasteiger partial charge on any atom is -0.493 e. The molecule has 2 heterocycles. The zero-order chi connectivity index (χ0) is 21.3. The molecule has 5 nitrogen and oxygen atoms in total. The van der Waals surface area contributed by atoms with Crippen molar-refractivity contribution < 1.29 is 5.11 Å². The molecule has 1 aliphatic heterocycles. The lowest BCUT2D eigenvalue weighted by molar-refractivity contribution is 0.412. The van der Waals surface area contributed by atoms with Crippen molar-refractivity contribution in [3.63, 3.8) is 0 Å². The van der Waals surface area contributed by atoms with Crippen molar-refractivity contribution in [3.8, 4) is 5.88 Å². The van der Waals surface area contributed by atoms with Gasteiger partial charge in [-0.05, 0) is 24.0 Å². The van der Waals surface area contributed by atoms with Gasteiger partial charge < -0.3 is 10.4 Å². The van der Waals surface area contributed by atoms with Gasteiger partial charge in [0.1, 0.15) is 5.56 Å². The minimum absolute atomic E-state index is 0.167. The van der Waals surface area contributed by atoms with Crippen molar-refractivity contribution in [3.05, 3.63) is 64.0 Å². The molecule has 162 valence electrons. The number of rotatable bonds is 11. The summed E-state index contributed by atoms with van der Waals surface area (Å²) in [7, 11) is 0. The standard InChI is InChI=1S/C24H33N3O2S/c1-3-5-6-7-8-11-17-30-24-26-22(28)20(23(29)27(24)16-4-2)21-19-13-10-9-12-18(19)14-15-25-21/h4,9-10,12-13,21,25,28H,2-3,5-8,11,14-17H2,1H3/t21-/m1/s1. The van der Waals surface area contributed by atoms with Crippen LogP contribution >= 0.6 is 11.8 Å². The highest BCUT2D eigenvalue weighted by Gasteiger charge is 2.28. The summed E-state index contributed by atoms with van der Waals surface area (Å²) in [6.45, 7) is 7.16. The molecule has 3 rings (SSSR count). The number of aromatic nitrogens is 2. The fourth-order valence-electron chi connectivity index (χ4n) is 4.00. The van der Waals surface area contributed by atoms with Gasteiger partial charge >= 0.3 is 0 Å². The molecule has 1 aromatic carbocycles. The Morgan fingerprint density at radius 1 is 1.27 bits per heavy atom. The highest BCUT2D eigenvalue weighted by Crippen LogP contribution is 2.32. The lowest BCUT2D eigenvalue weighted by atomic mass is 9.91. The first-order valence-electron chi connectivity index (χ1n) is 11.1. The fraction of sp³-hybridized carbons (Fsp3) is 0.500. The largest absolute Gasteiger partial charge is 0.493 e. The van der Waals surface area contributed by atoms with Gasteiger partial charge in [0.25, 0.3) is 5.56 Å². The molecule has 2 aromatic rings. The van der Waals surface area contributed by atoms with E-state index in [1.54, 1.807) is 22.4 Å². The van der Waals surface area contributed by atoms with Gasteiger partial charge in [-0.3, -0.25) is 9.36 Å². The third kappa shape index (κ3) is 5.35. The first kappa shape index (κ1) is 22.6. The van der Waals surface area contributed by atoms with E-state index in [-0.39, 0.29) is 17.5 Å². The second-order valence-electron chi connectivity index (χ2n) is 7.79. The van der Waals surface area contributed by atoms with Crippen LogP contribution in [0.5, 0.6) is 5.88 Å². The van der Waals surface area contributed by atoms with E-state index in [9.17, 15) is 9.90 Å². The van der Waals surface area contributed by atoms with Crippen molar-refractivity contribution in [1.82, 2.24) is 14.9 Å². The molecule has 2 N–H and O–H groups in total. The van der Waals surface area contributed by atoms with Crippen LogP contribution in [-0.4, -0.2) is 27.0 Å². The van der Waals surface area contributed by atoms with Crippen molar-refractivity contribution in [2.45, 2.75) is 69.6 Å². The third-order valence-electron chi connectivity index (χ3n) is 5.59. The molecule has 0 saturated carbocycles. The van der Waals surface area contributed by atoms with Crippen LogP contribution in [0.3, 0.4) is 0 Å². The molecule has 0 saturated heterocycles. The Balaban J connectivity index is 1.81. The van der Waals surface area contributed by atoms with E-state index in [1.807, 2.05) is 18.2 Å². The van der Waals surface area contributed by atoms with Crippen LogP contribution in [0.2, 0.25) is 0 Å². The fourth-order valence-corrected chi connectivity index (χ4v) is 5.00. The van der Waals surface area contributed by atoms with Crippen LogP contribution in [0.15, 0.2) is 46.9 Å². The Morgan fingerprint density at radius 3 is 2.83 bits per heavy atom. The number of benzene rings is 1. The summed E-state index contributed by atoms with van der Waals surface area (Å²) in [6, 6.07) is 7.74. The molecule has 0 radical (unpaired) electrons. The monoisotopic (exact) mass is 427 g/mol. The first-order valence-corrected chi connectivity index (χ1v) is 12.0. The summed E-state index contributed by atoms with van der Waals surface area (Å²) in [5.74, 6) is 0.721. The highest BCUT2D eigenvalue weighted by molar-refractivity contribution is 7.99. The Morgan fingerprint density at radius 2 is 2.03 bits per heavy atom. The molecule has 1 aromatic heterocycles. The molecule has 0 amide bonds. The number of nitrogens with one attached hydrogen (secondary N) is 1. The molecule has 1 atom stereocenters. The van der Waals surface area contributed by atoms with Gasteiger partial charge in [0, 0.05) is 18.8 Å². The van der Waals surface area contributed by atoms with E-state index >= 15 is 0 Å². The second kappa shape index (κ2) is 11.4. The van der Waals surface area contributed by atoms with Gasteiger partial charge in [0.05, 0.1) is 6.04 Å². The molecule has 0 spiro atoms. The number of nitrogens with zero attached hydrogens (tertiary/aromatic N) is 2. The number of fused-ring (bicyclic) bond motifs is 1. The Bertz CT molecular complexity index is 910. The molecule has 0 unspecified atom stereocenters. The van der Waals surface area contributed by atoms with Gasteiger partial charge in [-0.15, -0.1) is 6.58 Å². The van der Waals surface area contributed by atoms with Crippen LogP contribution < -0.4 is 10.9 Å². The lowest BCUT2D eigenvalue weighted by Gasteiger charge is -2.27. The van der Waals surface area contributed by atoms with Crippen LogP contribution in [-0.2, 0) is 13.0 Å². The Labute approximate surface area is 183 Å². The predicted molar refractivity (Wildman–Crippen MR) is 124 cm³/mol. The summed E-state index contributed by atoms with van der Waals surface area (Å²) in [5.41, 5.74) is 2.38. The Kier molecular flexibility index (Phi) is 8.58. The molecule has 0 bridgehead atoms. The Hall–Kier alpha value is -2.05. The number of hydrogen-bond donors (Lipinski definition) is 2. The van der Waals surface area contributed by atoms with Gasteiger partial charge in [-0.1, -0.05) is 81.1 Å². The van der Waals surface area contributed by atoms with E-state index < -0.39 is 0 Å². The molecular formula is C24H33N3O2S.